The molecule has 3 nitrogen and oxygen atoms in total. The molecule has 1 heterocycles. The summed E-state index contributed by atoms with van der Waals surface area (Å²) in [6.45, 7) is 3.01. The Bertz CT molecular complexity index is 315. The van der Waals surface area contributed by atoms with E-state index < -0.39 is 0 Å². The summed E-state index contributed by atoms with van der Waals surface area (Å²) in [7, 11) is 2.20. The zero-order valence-corrected chi connectivity index (χ0v) is 10.9. The molecule has 1 saturated carbocycles. The van der Waals surface area contributed by atoms with Crippen molar-refractivity contribution in [3.8, 4) is 0 Å². The zero-order chi connectivity index (χ0) is 12.3. The number of hydrogen-bond donors (Lipinski definition) is 1. The Morgan fingerprint density at radius 2 is 2.12 bits per heavy atom. The predicted octanol–water partition coefficient (Wildman–Crippen LogP) is 2.79. The first-order valence-electron chi connectivity index (χ1n) is 6.66. The van der Waals surface area contributed by atoms with E-state index in [9.17, 15) is 0 Å². The lowest BCUT2D eigenvalue weighted by Gasteiger charge is -2.37. The van der Waals surface area contributed by atoms with Crippen molar-refractivity contribution in [1.82, 2.24) is 4.90 Å². The van der Waals surface area contributed by atoms with Crippen LogP contribution in [0.2, 0.25) is 0 Å². The maximum absolute atomic E-state index is 5.92. The normalized spacial score (nSPS) is 27.3. The van der Waals surface area contributed by atoms with E-state index >= 15 is 0 Å². The van der Waals surface area contributed by atoms with Crippen LogP contribution in [0.5, 0.6) is 0 Å². The number of likely N-dealkylation sites (N-methyl/N-ethyl adjacent to an activating group) is 1. The van der Waals surface area contributed by atoms with Crippen molar-refractivity contribution in [3.63, 3.8) is 0 Å². The summed E-state index contributed by atoms with van der Waals surface area (Å²) in [6, 6.07) is 3.00. The monoisotopic (exact) mass is 236 g/mol. The third-order valence-corrected chi connectivity index (χ3v) is 4.20. The maximum Gasteiger partial charge on any atom is 0.0950 e. The Morgan fingerprint density at radius 1 is 1.41 bits per heavy atom. The summed E-state index contributed by atoms with van der Waals surface area (Å²) in [6.07, 6.45) is 8.83. The molecule has 17 heavy (non-hydrogen) atoms. The molecule has 1 aromatic rings. The first kappa shape index (κ1) is 12.7. The summed E-state index contributed by atoms with van der Waals surface area (Å²) < 4.78 is 5.17. The van der Waals surface area contributed by atoms with Gasteiger partial charge in [0, 0.05) is 18.2 Å². The third kappa shape index (κ3) is 2.90. The standard InChI is InChI=1S/C14H24N2O/c1-11-3-5-13(6-4-11)16(2)14(9-15)12-7-8-17-10-12/h7-8,10-11,13-14H,3-6,9,15H2,1-2H3. The highest BCUT2D eigenvalue weighted by Gasteiger charge is 2.27. The van der Waals surface area contributed by atoms with Crippen LogP contribution in [-0.2, 0) is 0 Å². The SMILES string of the molecule is CC1CCC(N(C)C(CN)c2ccoc2)CC1. The van der Waals surface area contributed by atoms with Gasteiger partial charge in [0.25, 0.3) is 0 Å². The molecule has 2 rings (SSSR count). The Labute approximate surface area is 104 Å². The molecular formula is C14H24N2O. The fraction of sp³-hybridized carbons (Fsp3) is 0.714. The Kier molecular flexibility index (Phi) is 4.24. The van der Waals surface area contributed by atoms with E-state index in [1.807, 2.05) is 12.3 Å². The van der Waals surface area contributed by atoms with Crippen molar-refractivity contribution in [2.75, 3.05) is 13.6 Å². The van der Waals surface area contributed by atoms with E-state index in [1.165, 1.54) is 31.2 Å². The van der Waals surface area contributed by atoms with Gasteiger partial charge in [-0.05, 0) is 44.7 Å². The van der Waals surface area contributed by atoms with E-state index in [4.69, 9.17) is 10.2 Å². The van der Waals surface area contributed by atoms with Gasteiger partial charge >= 0.3 is 0 Å². The highest BCUT2D eigenvalue weighted by Crippen LogP contribution is 2.31. The Morgan fingerprint density at radius 3 is 2.65 bits per heavy atom. The van der Waals surface area contributed by atoms with Crippen LogP contribution in [0.3, 0.4) is 0 Å². The smallest absolute Gasteiger partial charge is 0.0950 e. The quantitative estimate of drug-likeness (QED) is 0.874. The maximum atomic E-state index is 5.92. The van der Waals surface area contributed by atoms with Gasteiger partial charge in [-0.15, -0.1) is 0 Å². The van der Waals surface area contributed by atoms with Gasteiger partial charge in [0.2, 0.25) is 0 Å². The molecule has 0 spiro atoms. The third-order valence-electron chi connectivity index (χ3n) is 4.20. The molecule has 1 aromatic heterocycles. The summed E-state index contributed by atoms with van der Waals surface area (Å²) >= 11 is 0. The van der Waals surface area contributed by atoms with Gasteiger partial charge in [-0.1, -0.05) is 6.92 Å². The van der Waals surface area contributed by atoms with Gasteiger partial charge in [-0.2, -0.15) is 0 Å². The number of nitrogens with two attached hydrogens (primary N) is 1. The predicted molar refractivity (Wildman–Crippen MR) is 69.7 cm³/mol. The number of rotatable bonds is 4. The first-order chi connectivity index (χ1) is 8.22. The van der Waals surface area contributed by atoms with Crippen LogP contribution in [0.15, 0.2) is 23.0 Å². The summed E-state index contributed by atoms with van der Waals surface area (Å²) in [5, 5.41) is 0. The minimum atomic E-state index is 0.298. The van der Waals surface area contributed by atoms with Crippen molar-refractivity contribution in [1.29, 1.82) is 0 Å². The van der Waals surface area contributed by atoms with Crippen LogP contribution in [0.4, 0.5) is 0 Å². The molecule has 0 bridgehead atoms. The second-order valence-electron chi connectivity index (χ2n) is 5.39. The second-order valence-corrected chi connectivity index (χ2v) is 5.39. The van der Waals surface area contributed by atoms with Crippen molar-refractivity contribution < 1.29 is 4.42 Å². The first-order valence-corrected chi connectivity index (χ1v) is 6.66. The van der Waals surface area contributed by atoms with Crippen LogP contribution in [-0.4, -0.2) is 24.5 Å². The number of nitrogens with zero attached hydrogens (tertiary/aromatic N) is 1. The molecule has 2 N–H and O–H groups in total. The summed E-state index contributed by atoms with van der Waals surface area (Å²) in [5.41, 5.74) is 7.12. The number of furan rings is 1. The van der Waals surface area contributed by atoms with Crippen molar-refractivity contribution in [3.05, 3.63) is 24.2 Å². The molecule has 1 fully saturated rings. The van der Waals surface area contributed by atoms with Crippen LogP contribution in [0.25, 0.3) is 0 Å². The number of hydrogen-bond acceptors (Lipinski definition) is 3. The van der Waals surface area contributed by atoms with Crippen molar-refractivity contribution >= 4 is 0 Å². The summed E-state index contributed by atoms with van der Waals surface area (Å²) in [4.78, 5) is 2.44. The van der Waals surface area contributed by atoms with Gasteiger partial charge in [-0.3, -0.25) is 4.90 Å². The van der Waals surface area contributed by atoms with Gasteiger partial charge in [0.05, 0.1) is 18.6 Å². The van der Waals surface area contributed by atoms with E-state index in [1.54, 1.807) is 6.26 Å². The average Bonchev–Trinajstić information content (AvgIpc) is 2.84. The molecule has 1 atom stereocenters. The lowest BCUT2D eigenvalue weighted by atomic mass is 9.86. The van der Waals surface area contributed by atoms with Gasteiger partial charge < -0.3 is 10.2 Å². The molecule has 1 unspecified atom stereocenters. The lowest BCUT2D eigenvalue weighted by Crippen LogP contribution is -2.40. The molecule has 96 valence electrons. The molecular weight excluding hydrogens is 212 g/mol. The highest BCUT2D eigenvalue weighted by molar-refractivity contribution is 5.12. The van der Waals surface area contributed by atoms with Crippen LogP contribution in [0, 0.1) is 5.92 Å². The van der Waals surface area contributed by atoms with Crippen LogP contribution < -0.4 is 5.73 Å². The average molecular weight is 236 g/mol. The molecule has 0 aromatic carbocycles. The Hall–Kier alpha value is -0.800. The molecule has 1 aliphatic carbocycles. The molecule has 3 heteroatoms. The topological polar surface area (TPSA) is 42.4 Å². The van der Waals surface area contributed by atoms with E-state index in [0.717, 1.165) is 5.92 Å². The summed E-state index contributed by atoms with van der Waals surface area (Å²) in [5.74, 6) is 0.893. The van der Waals surface area contributed by atoms with Crippen LogP contribution >= 0.6 is 0 Å². The molecule has 0 amide bonds. The molecule has 0 aliphatic heterocycles. The lowest BCUT2D eigenvalue weighted by molar-refractivity contribution is 0.126. The Balaban J connectivity index is 2.00. The molecule has 0 radical (unpaired) electrons. The van der Waals surface area contributed by atoms with Gasteiger partial charge in [0.15, 0.2) is 0 Å². The fourth-order valence-corrected chi connectivity index (χ4v) is 2.91. The highest BCUT2D eigenvalue weighted by atomic mass is 16.3. The van der Waals surface area contributed by atoms with E-state index in [2.05, 4.69) is 18.9 Å². The van der Waals surface area contributed by atoms with E-state index in [0.29, 0.717) is 18.6 Å². The zero-order valence-electron chi connectivity index (χ0n) is 10.9. The molecule has 0 saturated heterocycles. The van der Waals surface area contributed by atoms with E-state index in [-0.39, 0.29) is 0 Å². The van der Waals surface area contributed by atoms with Gasteiger partial charge in [0.1, 0.15) is 0 Å². The minimum Gasteiger partial charge on any atom is -0.472 e. The van der Waals surface area contributed by atoms with Crippen LogP contribution in [0.1, 0.15) is 44.2 Å². The largest absolute Gasteiger partial charge is 0.472 e. The second kappa shape index (κ2) is 5.69. The van der Waals surface area contributed by atoms with Crippen molar-refractivity contribution in [2.45, 2.75) is 44.7 Å². The van der Waals surface area contributed by atoms with Gasteiger partial charge in [-0.25, -0.2) is 0 Å². The van der Waals surface area contributed by atoms with Crippen molar-refractivity contribution in [2.24, 2.45) is 11.7 Å². The molecule has 1 aliphatic rings. The fourth-order valence-electron chi connectivity index (χ4n) is 2.91. The minimum absolute atomic E-state index is 0.298.